The van der Waals surface area contributed by atoms with Gasteiger partial charge in [-0.1, -0.05) is 13.8 Å². The molecule has 0 aromatic carbocycles. The van der Waals surface area contributed by atoms with Gasteiger partial charge in [-0.3, -0.25) is 4.79 Å². The van der Waals surface area contributed by atoms with Crippen molar-refractivity contribution in [3.8, 4) is 0 Å². The number of nitrogens with zero attached hydrogens (tertiary/aromatic N) is 1. The zero-order chi connectivity index (χ0) is 14.3. The standard InChI is InChI=1S/C15H30N2O2/c1-4-11-17(13-8-9-13)12-7-6-10-15(3,14(18)19)16-5-2/h13,16H,4-12H2,1-3H3,(H,18,19). The van der Waals surface area contributed by atoms with Crippen molar-refractivity contribution in [2.75, 3.05) is 19.6 Å². The Morgan fingerprint density at radius 1 is 1.32 bits per heavy atom. The minimum Gasteiger partial charge on any atom is -0.480 e. The Kier molecular flexibility index (Phi) is 6.80. The van der Waals surface area contributed by atoms with E-state index in [9.17, 15) is 9.90 Å². The van der Waals surface area contributed by atoms with E-state index < -0.39 is 11.5 Å². The summed E-state index contributed by atoms with van der Waals surface area (Å²) in [5, 5.41) is 12.4. The van der Waals surface area contributed by atoms with Gasteiger partial charge in [0.25, 0.3) is 0 Å². The summed E-state index contributed by atoms with van der Waals surface area (Å²) in [5.41, 5.74) is -0.760. The summed E-state index contributed by atoms with van der Waals surface area (Å²) in [6.07, 6.45) is 6.70. The smallest absolute Gasteiger partial charge is 0.323 e. The molecule has 0 aromatic rings. The molecule has 0 heterocycles. The highest BCUT2D eigenvalue weighted by molar-refractivity contribution is 5.78. The van der Waals surface area contributed by atoms with Crippen LogP contribution in [0, 0.1) is 0 Å². The van der Waals surface area contributed by atoms with Gasteiger partial charge in [-0.05, 0) is 65.1 Å². The normalized spacial score (nSPS) is 18.5. The van der Waals surface area contributed by atoms with Crippen LogP contribution in [-0.4, -0.2) is 47.2 Å². The van der Waals surface area contributed by atoms with Gasteiger partial charge in [0, 0.05) is 6.04 Å². The zero-order valence-electron chi connectivity index (χ0n) is 12.7. The quantitative estimate of drug-likeness (QED) is 0.566. The van der Waals surface area contributed by atoms with E-state index in [4.69, 9.17) is 0 Å². The fourth-order valence-electron chi connectivity index (χ4n) is 2.66. The lowest BCUT2D eigenvalue weighted by Gasteiger charge is -2.26. The third-order valence-electron chi connectivity index (χ3n) is 3.99. The van der Waals surface area contributed by atoms with Crippen LogP contribution in [0.15, 0.2) is 0 Å². The second-order valence-corrected chi connectivity index (χ2v) is 5.89. The maximum Gasteiger partial charge on any atom is 0.323 e. The highest BCUT2D eigenvalue weighted by Crippen LogP contribution is 2.27. The van der Waals surface area contributed by atoms with Gasteiger partial charge >= 0.3 is 5.97 Å². The lowest BCUT2D eigenvalue weighted by Crippen LogP contribution is -2.49. The van der Waals surface area contributed by atoms with E-state index in [0.717, 1.165) is 25.4 Å². The van der Waals surface area contributed by atoms with Crippen LogP contribution in [-0.2, 0) is 4.79 Å². The van der Waals surface area contributed by atoms with E-state index in [1.807, 2.05) is 6.92 Å². The third-order valence-corrected chi connectivity index (χ3v) is 3.99. The van der Waals surface area contributed by atoms with Crippen molar-refractivity contribution in [2.45, 2.75) is 70.9 Å². The summed E-state index contributed by atoms with van der Waals surface area (Å²) in [5.74, 6) is -0.734. The maximum atomic E-state index is 11.3. The SMILES string of the molecule is CCCN(CCCCC(C)(NCC)C(=O)O)C1CC1. The number of carboxylic acids is 1. The topological polar surface area (TPSA) is 52.6 Å². The van der Waals surface area contributed by atoms with Crippen molar-refractivity contribution >= 4 is 5.97 Å². The minimum atomic E-state index is -0.760. The summed E-state index contributed by atoms with van der Waals surface area (Å²) < 4.78 is 0. The number of carboxylic acid groups (broad SMARTS) is 1. The van der Waals surface area contributed by atoms with Crippen LogP contribution < -0.4 is 5.32 Å². The highest BCUT2D eigenvalue weighted by Gasteiger charge is 2.32. The summed E-state index contributed by atoms with van der Waals surface area (Å²) in [6.45, 7) is 8.99. The summed E-state index contributed by atoms with van der Waals surface area (Å²) in [6, 6.07) is 0.819. The number of rotatable bonds is 11. The van der Waals surface area contributed by atoms with Gasteiger partial charge in [-0.2, -0.15) is 0 Å². The number of hydrogen-bond donors (Lipinski definition) is 2. The molecular formula is C15H30N2O2. The molecule has 0 bridgehead atoms. The predicted molar refractivity (Wildman–Crippen MR) is 78.5 cm³/mol. The molecule has 1 unspecified atom stereocenters. The van der Waals surface area contributed by atoms with Gasteiger partial charge in [0.2, 0.25) is 0 Å². The van der Waals surface area contributed by atoms with Crippen molar-refractivity contribution < 1.29 is 9.90 Å². The van der Waals surface area contributed by atoms with E-state index >= 15 is 0 Å². The van der Waals surface area contributed by atoms with E-state index in [-0.39, 0.29) is 0 Å². The Balaban J connectivity index is 2.25. The van der Waals surface area contributed by atoms with Crippen molar-refractivity contribution in [3.05, 3.63) is 0 Å². The molecule has 4 nitrogen and oxygen atoms in total. The zero-order valence-corrected chi connectivity index (χ0v) is 12.7. The fourth-order valence-corrected chi connectivity index (χ4v) is 2.66. The molecule has 112 valence electrons. The predicted octanol–water partition coefficient (Wildman–Crippen LogP) is 2.48. The second-order valence-electron chi connectivity index (χ2n) is 5.89. The molecule has 0 amide bonds. The van der Waals surface area contributed by atoms with Crippen LogP contribution in [0.1, 0.15) is 59.3 Å². The first kappa shape index (κ1) is 16.4. The van der Waals surface area contributed by atoms with Crippen molar-refractivity contribution in [1.29, 1.82) is 0 Å². The Bertz CT molecular complexity index is 279. The number of hydrogen-bond acceptors (Lipinski definition) is 3. The molecule has 1 aliphatic rings. The van der Waals surface area contributed by atoms with E-state index in [1.165, 1.54) is 25.8 Å². The third kappa shape index (κ3) is 5.49. The molecule has 1 aliphatic carbocycles. The first-order chi connectivity index (χ1) is 9.03. The number of nitrogens with one attached hydrogen (secondary N) is 1. The molecule has 1 fully saturated rings. The summed E-state index contributed by atoms with van der Waals surface area (Å²) >= 11 is 0. The number of unbranched alkanes of at least 4 members (excludes halogenated alkanes) is 1. The molecule has 1 rings (SSSR count). The Labute approximate surface area is 117 Å². The highest BCUT2D eigenvalue weighted by atomic mass is 16.4. The van der Waals surface area contributed by atoms with Crippen LogP contribution in [0.25, 0.3) is 0 Å². The molecule has 19 heavy (non-hydrogen) atoms. The number of carbonyl (C=O) groups is 1. The molecule has 1 saturated carbocycles. The van der Waals surface area contributed by atoms with Crippen LogP contribution in [0.5, 0.6) is 0 Å². The Hall–Kier alpha value is -0.610. The van der Waals surface area contributed by atoms with Gasteiger partial charge in [0.15, 0.2) is 0 Å². The number of likely N-dealkylation sites (N-methyl/N-ethyl adjacent to an activating group) is 1. The van der Waals surface area contributed by atoms with Crippen LogP contribution >= 0.6 is 0 Å². The van der Waals surface area contributed by atoms with Crippen molar-refractivity contribution in [2.24, 2.45) is 0 Å². The maximum absolute atomic E-state index is 11.3. The summed E-state index contributed by atoms with van der Waals surface area (Å²) in [7, 11) is 0. The molecular weight excluding hydrogens is 240 g/mol. The molecule has 1 atom stereocenters. The average molecular weight is 270 g/mol. The first-order valence-electron chi connectivity index (χ1n) is 7.76. The van der Waals surface area contributed by atoms with Gasteiger partial charge in [0.05, 0.1) is 0 Å². The van der Waals surface area contributed by atoms with Crippen molar-refractivity contribution in [3.63, 3.8) is 0 Å². The lowest BCUT2D eigenvalue weighted by molar-refractivity contribution is -0.144. The van der Waals surface area contributed by atoms with Gasteiger partial charge < -0.3 is 15.3 Å². The van der Waals surface area contributed by atoms with Gasteiger partial charge in [-0.25, -0.2) is 0 Å². The molecule has 0 radical (unpaired) electrons. The lowest BCUT2D eigenvalue weighted by atomic mass is 9.95. The number of aliphatic carboxylic acids is 1. The van der Waals surface area contributed by atoms with Crippen LogP contribution in [0.2, 0.25) is 0 Å². The molecule has 0 saturated heterocycles. The van der Waals surface area contributed by atoms with Crippen LogP contribution in [0.4, 0.5) is 0 Å². The van der Waals surface area contributed by atoms with E-state index in [1.54, 1.807) is 6.92 Å². The first-order valence-corrected chi connectivity index (χ1v) is 7.76. The summed E-state index contributed by atoms with van der Waals surface area (Å²) in [4.78, 5) is 13.9. The van der Waals surface area contributed by atoms with E-state index in [2.05, 4.69) is 17.1 Å². The van der Waals surface area contributed by atoms with Crippen LogP contribution in [0.3, 0.4) is 0 Å². The molecule has 0 aliphatic heterocycles. The Morgan fingerprint density at radius 2 is 2.00 bits per heavy atom. The largest absolute Gasteiger partial charge is 0.480 e. The monoisotopic (exact) mass is 270 g/mol. The molecule has 2 N–H and O–H groups in total. The minimum absolute atomic E-state index is 0.701. The van der Waals surface area contributed by atoms with E-state index in [0.29, 0.717) is 13.0 Å². The molecule has 0 spiro atoms. The van der Waals surface area contributed by atoms with Crippen molar-refractivity contribution in [1.82, 2.24) is 10.2 Å². The average Bonchev–Trinajstić information content (AvgIpc) is 3.17. The molecule has 0 aromatic heterocycles. The Morgan fingerprint density at radius 3 is 2.47 bits per heavy atom. The fraction of sp³-hybridized carbons (Fsp3) is 0.933. The molecule has 4 heteroatoms. The van der Waals surface area contributed by atoms with Gasteiger partial charge in [-0.15, -0.1) is 0 Å². The van der Waals surface area contributed by atoms with Gasteiger partial charge in [0.1, 0.15) is 5.54 Å². The second kappa shape index (κ2) is 7.85.